The first-order valence-electron chi connectivity index (χ1n) is 7.11. The van der Waals surface area contributed by atoms with E-state index in [0.717, 1.165) is 18.6 Å². The smallest absolute Gasteiger partial charge is 0.155 e. The van der Waals surface area contributed by atoms with E-state index in [1.807, 2.05) is 19.1 Å². The van der Waals surface area contributed by atoms with Crippen LogP contribution >= 0.6 is 0 Å². The van der Waals surface area contributed by atoms with Crippen molar-refractivity contribution in [2.24, 2.45) is 0 Å². The van der Waals surface area contributed by atoms with E-state index >= 15 is 0 Å². The molecule has 2 atom stereocenters. The lowest BCUT2D eigenvalue weighted by atomic mass is 10.0. The molecule has 1 aliphatic heterocycles. The Morgan fingerprint density at radius 2 is 2.25 bits per heavy atom. The van der Waals surface area contributed by atoms with E-state index in [2.05, 4.69) is 5.32 Å². The van der Waals surface area contributed by atoms with Crippen molar-refractivity contribution in [3.8, 4) is 0 Å². The quantitative estimate of drug-likeness (QED) is 0.871. The summed E-state index contributed by atoms with van der Waals surface area (Å²) in [4.78, 5) is 0. The summed E-state index contributed by atoms with van der Waals surface area (Å²) in [6, 6.07) is 3.43. The molecule has 1 aromatic heterocycles. The summed E-state index contributed by atoms with van der Waals surface area (Å²) in [7, 11) is -1.44. The first-order valence-corrected chi connectivity index (χ1v) is 8.82. The van der Waals surface area contributed by atoms with Gasteiger partial charge in [0.1, 0.15) is 18.1 Å². The summed E-state index contributed by atoms with van der Waals surface area (Å²) in [5.74, 6) is 1.69. The molecule has 1 aromatic rings. The van der Waals surface area contributed by atoms with Crippen LogP contribution in [0.5, 0.6) is 0 Å². The van der Waals surface area contributed by atoms with Gasteiger partial charge in [-0.05, 0) is 31.5 Å². The maximum atomic E-state index is 12.3. The summed E-state index contributed by atoms with van der Waals surface area (Å²) in [5.41, 5.74) is 0. The zero-order chi connectivity index (χ0) is 14.6. The maximum Gasteiger partial charge on any atom is 0.155 e. The first-order chi connectivity index (χ1) is 9.58. The summed E-state index contributed by atoms with van der Waals surface area (Å²) < 4.78 is 35.4. The molecule has 5 nitrogen and oxygen atoms in total. The molecule has 1 aliphatic rings. The van der Waals surface area contributed by atoms with Gasteiger partial charge in [-0.15, -0.1) is 0 Å². The summed E-state index contributed by atoms with van der Waals surface area (Å²) >= 11 is 0. The number of sulfone groups is 1. The predicted octanol–water partition coefficient (Wildman–Crippen LogP) is 2.04. The predicted molar refractivity (Wildman–Crippen MR) is 77.3 cm³/mol. The van der Waals surface area contributed by atoms with Gasteiger partial charge >= 0.3 is 0 Å². The standard InChI is InChI=1S/C14H23NO4S/c1-3-15-14(12-8-7-11(19-12)10-18-2)13-6-4-5-9-20(13,16)17/h7-8,13-15H,3-6,9-10H2,1-2H3. The second-order valence-electron chi connectivity index (χ2n) is 5.17. The number of furan rings is 1. The van der Waals surface area contributed by atoms with Crippen molar-refractivity contribution < 1.29 is 17.6 Å². The molecule has 20 heavy (non-hydrogen) atoms. The monoisotopic (exact) mass is 301 g/mol. The van der Waals surface area contributed by atoms with Crippen LogP contribution in [0.1, 0.15) is 43.7 Å². The minimum absolute atomic E-state index is 0.268. The minimum atomic E-state index is -3.05. The average Bonchev–Trinajstić information content (AvgIpc) is 2.85. The van der Waals surface area contributed by atoms with Crippen LogP contribution in [-0.2, 0) is 21.2 Å². The van der Waals surface area contributed by atoms with Gasteiger partial charge in [0.2, 0.25) is 0 Å². The molecule has 6 heteroatoms. The SMILES string of the molecule is CCNC(c1ccc(COC)o1)C1CCCCS1(=O)=O. The lowest BCUT2D eigenvalue weighted by Crippen LogP contribution is -2.40. The average molecular weight is 301 g/mol. The third kappa shape index (κ3) is 3.42. The largest absolute Gasteiger partial charge is 0.462 e. The molecular formula is C14H23NO4S. The molecule has 0 aromatic carbocycles. The molecule has 2 rings (SSSR count). The van der Waals surface area contributed by atoms with Crippen molar-refractivity contribution >= 4 is 9.84 Å². The van der Waals surface area contributed by atoms with Crippen LogP contribution in [0.2, 0.25) is 0 Å². The summed E-state index contributed by atoms with van der Waals surface area (Å²) in [6.07, 6.45) is 2.42. The van der Waals surface area contributed by atoms with Crippen molar-refractivity contribution in [2.45, 2.75) is 44.1 Å². The van der Waals surface area contributed by atoms with E-state index in [0.29, 0.717) is 25.3 Å². The fourth-order valence-corrected chi connectivity index (χ4v) is 4.85. The fraction of sp³-hybridized carbons (Fsp3) is 0.714. The number of methoxy groups -OCH3 is 1. The van der Waals surface area contributed by atoms with Gasteiger partial charge in [0.05, 0.1) is 17.0 Å². The van der Waals surface area contributed by atoms with Crippen molar-refractivity contribution in [1.82, 2.24) is 5.32 Å². The zero-order valence-corrected chi connectivity index (χ0v) is 12.9. The highest BCUT2D eigenvalue weighted by Crippen LogP contribution is 2.31. The molecule has 0 aliphatic carbocycles. The Balaban J connectivity index is 2.24. The highest BCUT2D eigenvalue weighted by molar-refractivity contribution is 7.92. The Bertz CT molecular complexity index is 523. The minimum Gasteiger partial charge on any atom is -0.462 e. The van der Waals surface area contributed by atoms with Gasteiger partial charge in [-0.1, -0.05) is 13.3 Å². The molecule has 2 heterocycles. The van der Waals surface area contributed by atoms with Crippen LogP contribution in [0, 0.1) is 0 Å². The molecule has 0 saturated carbocycles. The van der Waals surface area contributed by atoms with E-state index in [1.165, 1.54) is 0 Å². The van der Waals surface area contributed by atoms with Crippen molar-refractivity contribution in [2.75, 3.05) is 19.4 Å². The van der Waals surface area contributed by atoms with E-state index in [4.69, 9.17) is 9.15 Å². The normalized spacial score (nSPS) is 23.6. The van der Waals surface area contributed by atoms with Crippen LogP contribution in [-0.4, -0.2) is 33.1 Å². The van der Waals surface area contributed by atoms with E-state index in [9.17, 15) is 8.42 Å². The highest BCUT2D eigenvalue weighted by Gasteiger charge is 2.37. The third-order valence-electron chi connectivity index (χ3n) is 3.70. The highest BCUT2D eigenvalue weighted by atomic mass is 32.2. The van der Waals surface area contributed by atoms with Gasteiger partial charge in [0.15, 0.2) is 9.84 Å². The summed E-state index contributed by atoms with van der Waals surface area (Å²) in [6.45, 7) is 3.08. The molecule has 0 bridgehead atoms. The van der Waals surface area contributed by atoms with Gasteiger partial charge in [0.25, 0.3) is 0 Å². The second kappa shape index (κ2) is 6.74. The molecule has 0 amide bonds. The molecule has 0 radical (unpaired) electrons. The Morgan fingerprint density at radius 3 is 2.90 bits per heavy atom. The number of ether oxygens (including phenoxy) is 1. The fourth-order valence-electron chi connectivity index (χ4n) is 2.77. The molecule has 1 N–H and O–H groups in total. The number of hydrogen-bond acceptors (Lipinski definition) is 5. The van der Waals surface area contributed by atoms with E-state index < -0.39 is 15.1 Å². The molecule has 114 valence electrons. The van der Waals surface area contributed by atoms with Crippen LogP contribution in [0.4, 0.5) is 0 Å². The van der Waals surface area contributed by atoms with Crippen molar-refractivity contribution in [1.29, 1.82) is 0 Å². The molecule has 0 spiro atoms. The third-order valence-corrected chi connectivity index (χ3v) is 5.99. The van der Waals surface area contributed by atoms with Gasteiger partial charge in [0, 0.05) is 7.11 Å². The number of nitrogens with one attached hydrogen (secondary N) is 1. The lowest BCUT2D eigenvalue weighted by molar-refractivity contribution is 0.161. The Labute approximate surface area is 120 Å². The van der Waals surface area contributed by atoms with Crippen LogP contribution in [0.15, 0.2) is 16.5 Å². The van der Waals surface area contributed by atoms with Crippen molar-refractivity contribution in [3.63, 3.8) is 0 Å². The Morgan fingerprint density at radius 1 is 1.45 bits per heavy atom. The van der Waals surface area contributed by atoms with Crippen LogP contribution in [0.3, 0.4) is 0 Å². The molecule has 1 saturated heterocycles. The zero-order valence-electron chi connectivity index (χ0n) is 12.1. The molecular weight excluding hydrogens is 278 g/mol. The maximum absolute atomic E-state index is 12.3. The first kappa shape index (κ1) is 15.5. The second-order valence-corrected chi connectivity index (χ2v) is 7.51. The topological polar surface area (TPSA) is 68.5 Å². The molecule has 1 fully saturated rings. The lowest BCUT2D eigenvalue weighted by Gasteiger charge is -2.29. The Hall–Kier alpha value is -0.850. The molecule has 2 unspecified atom stereocenters. The van der Waals surface area contributed by atoms with Gasteiger partial charge in [-0.2, -0.15) is 0 Å². The van der Waals surface area contributed by atoms with Gasteiger partial charge < -0.3 is 14.5 Å². The number of hydrogen-bond donors (Lipinski definition) is 1. The van der Waals surface area contributed by atoms with E-state index in [1.54, 1.807) is 7.11 Å². The van der Waals surface area contributed by atoms with Crippen LogP contribution in [0.25, 0.3) is 0 Å². The van der Waals surface area contributed by atoms with Crippen molar-refractivity contribution in [3.05, 3.63) is 23.7 Å². The van der Waals surface area contributed by atoms with Gasteiger partial charge in [-0.3, -0.25) is 0 Å². The van der Waals surface area contributed by atoms with Gasteiger partial charge in [-0.25, -0.2) is 8.42 Å². The van der Waals surface area contributed by atoms with E-state index in [-0.39, 0.29) is 11.8 Å². The number of rotatable bonds is 6. The summed E-state index contributed by atoms with van der Waals surface area (Å²) in [5, 5.41) is 2.87. The Kier molecular flexibility index (Phi) is 5.23. The van der Waals surface area contributed by atoms with Crippen LogP contribution < -0.4 is 5.32 Å².